The van der Waals surface area contributed by atoms with Gasteiger partial charge in [-0.05, 0) is 61.5 Å². The molecule has 0 N–H and O–H groups in total. The SMILES string of the molecule is COc1ccc(-c2cc(C(=O)c3ccccn3)c3cc(C)ccc3n2)cc1. The van der Waals surface area contributed by atoms with E-state index in [9.17, 15) is 4.79 Å². The van der Waals surface area contributed by atoms with E-state index in [1.807, 2.05) is 61.5 Å². The first-order chi connectivity index (χ1) is 13.2. The highest BCUT2D eigenvalue weighted by atomic mass is 16.5. The van der Waals surface area contributed by atoms with Gasteiger partial charge in [0.25, 0.3) is 0 Å². The number of aromatic nitrogens is 2. The minimum atomic E-state index is -0.108. The molecular formula is C23H18N2O2. The van der Waals surface area contributed by atoms with Gasteiger partial charge in [0.15, 0.2) is 0 Å². The normalized spacial score (nSPS) is 10.7. The molecule has 2 heterocycles. The minimum absolute atomic E-state index is 0.108. The lowest BCUT2D eigenvalue weighted by atomic mass is 9.98. The van der Waals surface area contributed by atoms with E-state index in [1.54, 1.807) is 25.4 Å². The molecular weight excluding hydrogens is 336 g/mol. The molecule has 0 spiro atoms. The van der Waals surface area contributed by atoms with Crippen LogP contribution < -0.4 is 4.74 Å². The number of ether oxygens (including phenoxy) is 1. The molecule has 0 unspecified atom stereocenters. The summed E-state index contributed by atoms with van der Waals surface area (Å²) in [5.74, 6) is 0.670. The predicted octanol–water partition coefficient (Wildman–Crippen LogP) is 4.84. The maximum atomic E-state index is 13.1. The van der Waals surface area contributed by atoms with E-state index in [0.29, 0.717) is 11.3 Å². The Morgan fingerprint density at radius 1 is 0.963 bits per heavy atom. The quantitative estimate of drug-likeness (QED) is 0.492. The number of nitrogens with zero attached hydrogens (tertiary/aromatic N) is 2. The van der Waals surface area contributed by atoms with Gasteiger partial charge in [0.2, 0.25) is 5.78 Å². The van der Waals surface area contributed by atoms with Crippen molar-refractivity contribution in [2.75, 3.05) is 7.11 Å². The van der Waals surface area contributed by atoms with Crippen molar-refractivity contribution in [3.05, 3.63) is 89.7 Å². The second-order valence-electron chi connectivity index (χ2n) is 6.35. The van der Waals surface area contributed by atoms with Crippen molar-refractivity contribution in [1.82, 2.24) is 9.97 Å². The second-order valence-corrected chi connectivity index (χ2v) is 6.35. The standard InChI is InChI=1S/C23H18N2O2/c1-15-6-11-20-18(13-15)19(23(26)21-5-3-4-12-24-21)14-22(25-20)16-7-9-17(27-2)10-8-16/h3-14H,1-2H3. The summed E-state index contributed by atoms with van der Waals surface area (Å²) in [5.41, 5.74) is 4.56. The third kappa shape index (κ3) is 3.29. The zero-order chi connectivity index (χ0) is 18.8. The molecule has 27 heavy (non-hydrogen) atoms. The lowest BCUT2D eigenvalue weighted by molar-refractivity contribution is 0.103. The molecule has 132 valence electrons. The number of fused-ring (bicyclic) bond motifs is 1. The lowest BCUT2D eigenvalue weighted by Crippen LogP contribution is -2.06. The van der Waals surface area contributed by atoms with Crippen LogP contribution in [0.4, 0.5) is 0 Å². The number of hydrogen-bond acceptors (Lipinski definition) is 4. The van der Waals surface area contributed by atoms with Gasteiger partial charge in [0.05, 0.1) is 18.3 Å². The molecule has 0 saturated carbocycles. The maximum Gasteiger partial charge on any atom is 0.212 e. The largest absolute Gasteiger partial charge is 0.497 e. The highest BCUT2D eigenvalue weighted by Gasteiger charge is 2.17. The average molecular weight is 354 g/mol. The molecule has 0 radical (unpaired) electrons. The van der Waals surface area contributed by atoms with E-state index >= 15 is 0 Å². The van der Waals surface area contributed by atoms with Crippen molar-refractivity contribution < 1.29 is 9.53 Å². The summed E-state index contributed by atoms with van der Waals surface area (Å²) in [6.07, 6.45) is 1.63. The molecule has 0 atom stereocenters. The summed E-state index contributed by atoms with van der Waals surface area (Å²) < 4.78 is 5.23. The summed E-state index contributed by atoms with van der Waals surface area (Å²) in [7, 11) is 1.63. The Bertz CT molecular complexity index is 1120. The Labute approximate surface area is 157 Å². The number of carbonyl (C=O) groups is 1. The van der Waals surface area contributed by atoms with Crippen molar-refractivity contribution in [2.24, 2.45) is 0 Å². The first kappa shape index (κ1) is 16.9. The molecule has 0 fully saturated rings. The van der Waals surface area contributed by atoms with E-state index in [2.05, 4.69) is 4.98 Å². The van der Waals surface area contributed by atoms with Gasteiger partial charge in [-0.3, -0.25) is 9.78 Å². The van der Waals surface area contributed by atoms with Gasteiger partial charge in [0.1, 0.15) is 11.4 Å². The number of aryl methyl sites for hydroxylation is 1. The Hall–Kier alpha value is -3.53. The molecule has 0 amide bonds. The summed E-state index contributed by atoms with van der Waals surface area (Å²) in [6.45, 7) is 2.01. The van der Waals surface area contributed by atoms with Crippen molar-refractivity contribution in [1.29, 1.82) is 0 Å². The van der Waals surface area contributed by atoms with E-state index < -0.39 is 0 Å². The van der Waals surface area contributed by atoms with Crippen molar-refractivity contribution in [3.8, 4) is 17.0 Å². The fourth-order valence-electron chi connectivity index (χ4n) is 3.07. The van der Waals surface area contributed by atoms with E-state index in [-0.39, 0.29) is 5.78 Å². The van der Waals surface area contributed by atoms with Crippen LogP contribution in [0.25, 0.3) is 22.2 Å². The van der Waals surface area contributed by atoms with Gasteiger partial charge in [-0.25, -0.2) is 4.98 Å². The number of rotatable bonds is 4. The van der Waals surface area contributed by atoms with E-state index in [0.717, 1.165) is 33.5 Å². The van der Waals surface area contributed by atoms with Crippen LogP contribution in [0.15, 0.2) is 72.9 Å². The zero-order valence-electron chi connectivity index (χ0n) is 15.1. The highest BCUT2D eigenvalue weighted by molar-refractivity contribution is 6.15. The first-order valence-electron chi connectivity index (χ1n) is 8.67. The fraction of sp³-hybridized carbons (Fsp3) is 0.0870. The summed E-state index contributed by atoms with van der Waals surface area (Å²) in [4.78, 5) is 22.1. The molecule has 0 aliphatic heterocycles. The van der Waals surface area contributed by atoms with Gasteiger partial charge >= 0.3 is 0 Å². The van der Waals surface area contributed by atoms with Gasteiger partial charge in [-0.2, -0.15) is 0 Å². The van der Waals surface area contributed by atoms with E-state index in [4.69, 9.17) is 9.72 Å². The Kier molecular flexibility index (Phi) is 4.38. The molecule has 0 aliphatic carbocycles. The van der Waals surface area contributed by atoms with Crippen LogP contribution in [0.3, 0.4) is 0 Å². The van der Waals surface area contributed by atoms with Gasteiger partial charge < -0.3 is 4.74 Å². The van der Waals surface area contributed by atoms with Crippen LogP contribution in [-0.2, 0) is 0 Å². The Balaban J connectivity index is 1.92. The fourth-order valence-corrected chi connectivity index (χ4v) is 3.07. The number of carbonyl (C=O) groups excluding carboxylic acids is 1. The van der Waals surface area contributed by atoms with Crippen molar-refractivity contribution in [2.45, 2.75) is 6.92 Å². The molecule has 0 saturated heterocycles. The van der Waals surface area contributed by atoms with Crippen LogP contribution in [0.1, 0.15) is 21.6 Å². The second kappa shape index (κ2) is 7.00. The molecule has 2 aromatic heterocycles. The summed E-state index contributed by atoms with van der Waals surface area (Å²) in [6, 6.07) is 20.8. The molecule has 2 aromatic carbocycles. The number of pyridine rings is 2. The molecule has 0 aliphatic rings. The maximum absolute atomic E-state index is 13.1. The third-order valence-electron chi connectivity index (χ3n) is 4.49. The third-order valence-corrected chi connectivity index (χ3v) is 4.49. The Morgan fingerprint density at radius 2 is 1.78 bits per heavy atom. The predicted molar refractivity (Wildman–Crippen MR) is 106 cm³/mol. The lowest BCUT2D eigenvalue weighted by Gasteiger charge is -2.10. The summed E-state index contributed by atoms with van der Waals surface area (Å²) >= 11 is 0. The van der Waals surface area contributed by atoms with Gasteiger partial charge in [-0.15, -0.1) is 0 Å². The highest BCUT2D eigenvalue weighted by Crippen LogP contribution is 2.28. The average Bonchev–Trinajstić information content (AvgIpc) is 2.73. The molecule has 4 nitrogen and oxygen atoms in total. The monoisotopic (exact) mass is 354 g/mol. The van der Waals surface area contributed by atoms with Crippen molar-refractivity contribution >= 4 is 16.7 Å². The van der Waals surface area contributed by atoms with Crippen LogP contribution in [0, 0.1) is 6.92 Å². The summed E-state index contributed by atoms with van der Waals surface area (Å²) in [5, 5.41) is 0.836. The minimum Gasteiger partial charge on any atom is -0.497 e. The topological polar surface area (TPSA) is 52.1 Å². The van der Waals surface area contributed by atoms with Gasteiger partial charge in [0, 0.05) is 22.7 Å². The van der Waals surface area contributed by atoms with Crippen LogP contribution in [-0.4, -0.2) is 22.9 Å². The smallest absolute Gasteiger partial charge is 0.212 e. The first-order valence-corrected chi connectivity index (χ1v) is 8.67. The number of methoxy groups -OCH3 is 1. The van der Waals surface area contributed by atoms with Crippen molar-refractivity contribution in [3.63, 3.8) is 0 Å². The van der Waals surface area contributed by atoms with Crippen LogP contribution >= 0.6 is 0 Å². The van der Waals surface area contributed by atoms with E-state index in [1.165, 1.54) is 0 Å². The molecule has 0 bridgehead atoms. The number of benzene rings is 2. The van der Waals surface area contributed by atoms with Crippen LogP contribution in [0.2, 0.25) is 0 Å². The Morgan fingerprint density at radius 3 is 2.48 bits per heavy atom. The number of ketones is 1. The zero-order valence-corrected chi connectivity index (χ0v) is 15.1. The molecule has 4 rings (SSSR count). The van der Waals surface area contributed by atoms with Crippen LogP contribution in [0.5, 0.6) is 5.75 Å². The molecule has 4 aromatic rings. The molecule has 4 heteroatoms. The van der Waals surface area contributed by atoms with Gasteiger partial charge in [-0.1, -0.05) is 17.7 Å². The number of hydrogen-bond donors (Lipinski definition) is 0.